The normalized spacial score (nSPS) is 13.2. The average Bonchev–Trinajstić information content (AvgIpc) is 2.68. The van der Waals surface area contributed by atoms with Gasteiger partial charge in [-0.3, -0.25) is 11.3 Å². The highest BCUT2D eigenvalue weighted by molar-refractivity contribution is 4.83. The minimum absolute atomic E-state index is 0.128. The van der Waals surface area contributed by atoms with Gasteiger partial charge in [0, 0.05) is 19.1 Å². The molecule has 17 heavy (non-hydrogen) atoms. The van der Waals surface area contributed by atoms with Gasteiger partial charge in [0.05, 0.1) is 7.05 Å². The molecule has 1 aromatic heterocycles. The lowest BCUT2D eigenvalue weighted by atomic mass is 10.1. The quantitative estimate of drug-likeness (QED) is 0.358. The molecule has 7 nitrogen and oxygen atoms in total. The monoisotopic (exact) mass is 250 g/mol. The van der Waals surface area contributed by atoms with Gasteiger partial charge < -0.3 is 4.74 Å². The van der Waals surface area contributed by atoms with Crippen LogP contribution in [0.15, 0.2) is 0 Å². The molecule has 1 unspecified atom stereocenters. The molecule has 0 aromatic carbocycles. The topological polar surface area (TPSA) is 90.9 Å². The number of hydrogen-bond donors (Lipinski definition) is 2. The molecular formula is C8H16F2N6O. The van der Waals surface area contributed by atoms with Crippen molar-refractivity contribution >= 4 is 0 Å². The Morgan fingerprint density at radius 2 is 2.29 bits per heavy atom. The molecule has 3 N–H and O–H groups in total. The molecule has 9 heteroatoms. The first-order valence-electron chi connectivity index (χ1n) is 5.16. The van der Waals surface area contributed by atoms with E-state index in [0.717, 1.165) is 0 Å². The summed E-state index contributed by atoms with van der Waals surface area (Å²) in [7, 11) is 1.66. The molecule has 1 atom stereocenters. The standard InChI is InChI=1S/C8H16F2N6O/c1-16-14-8(13-15-16)4-6(12-11)2-3-17-5-7(9)10/h6-7,12H,2-5,11H2,1H3. The molecule has 0 radical (unpaired) electrons. The van der Waals surface area contributed by atoms with Crippen molar-refractivity contribution in [3.63, 3.8) is 0 Å². The van der Waals surface area contributed by atoms with E-state index in [9.17, 15) is 8.78 Å². The summed E-state index contributed by atoms with van der Waals surface area (Å²) in [4.78, 5) is 1.34. The molecule has 0 saturated carbocycles. The number of halogens is 2. The van der Waals surface area contributed by atoms with Gasteiger partial charge in [-0.25, -0.2) is 8.78 Å². The summed E-state index contributed by atoms with van der Waals surface area (Å²) >= 11 is 0. The fourth-order valence-electron chi connectivity index (χ4n) is 1.27. The molecular weight excluding hydrogens is 234 g/mol. The molecule has 0 aliphatic heterocycles. The van der Waals surface area contributed by atoms with Crippen molar-refractivity contribution in [3.05, 3.63) is 5.82 Å². The SMILES string of the molecule is Cn1nnc(CC(CCOCC(F)F)NN)n1. The van der Waals surface area contributed by atoms with E-state index in [0.29, 0.717) is 18.7 Å². The fourth-order valence-corrected chi connectivity index (χ4v) is 1.27. The average molecular weight is 250 g/mol. The first-order chi connectivity index (χ1) is 8.11. The predicted octanol–water partition coefficient (Wildman–Crippen LogP) is -0.744. The van der Waals surface area contributed by atoms with Crippen LogP contribution < -0.4 is 11.3 Å². The highest BCUT2D eigenvalue weighted by Gasteiger charge is 2.12. The number of hydrogen-bond acceptors (Lipinski definition) is 6. The summed E-state index contributed by atoms with van der Waals surface area (Å²) in [5.41, 5.74) is 2.56. The number of ether oxygens (including phenoxy) is 1. The lowest BCUT2D eigenvalue weighted by Gasteiger charge is -2.13. The Balaban J connectivity index is 2.24. The van der Waals surface area contributed by atoms with Crippen LogP contribution in [0.5, 0.6) is 0 Å². The van der Waals surface area contributed by atoms with Crippen molar-refractivity contribution in [1.29, 1.82) is 0 Å². The van der Waals surface area contributed by atoms with E-state index in [-0.39, 0.29) is 12.6 Å². The van der Waals surface area contributed by atoms with Crippen molar-refractivity contribution in [1.82, 2.24) is 25.6 Å². The van der Waals surface area contributed by atoms with Crippen molar-refractivity contribution < 1.29 is 13.5 Å². The van der Waals surface area contributed by atoms with E-state index in [1.165, 1.54) is 4.80 Å². The number of nitrogens with zero attached hydrogens (tertiary/aromatic N) is 4. The van der Waals surface area contributed by atoms with E-state index < -0.39 is 13.0 Å². The third-order valence-corrected chi connectivity index (χ3v) is 2.07. The number of aryl methyl sites for hydroxylation is 1. The third kappa shape index (κ3) is 5.61. The Morgan fingerprint density at radius 1 is 1.53 bits per heavy atom. The maximum absolute atomic E-state index is 11.8. The smallest absolute Gasteiger partial charge is 0.261 e. The van der Waals surface area contributed by atoms with Crippen LogP contribution in [-0.2, 0) is 18.2 Å². The zero-order chi connectivity index (χ0) is 12.7. The summed E-state index contributed by atoms with van der Waals surface area (Å²) < 4.78 is 28.4. The van der Waals surface area contributed by atoms with Gasteiger partial charge >= 0.3 is 0 Å². The Morgan fingerprint density at radius 3 is 2.82 bits per heavy atom. The lowest BCUT2D eigenvalue weighted by molar-refractivity contribution is 0.0144. The summed E-state index contributed by atoms with van der Waals surface area (Å²) in [6.45, 7) is -0.347. The summed E-state index contributed by atoms with van der Waals surface area (Å²) in [5.74, 6) is 5.88. The third-order valence-electron chi connectivity index (χ3n) is 2.07. The number of alkyl halides is 2. The Kier molecular flexibility index (Phi) is 5.87. The number of rotatable bonds is 8. The van der Waals surface area contributed by atoms with Crippen LogP contribution in [-0.4, -0.2) is 45.9 Å². The Hall–Kier alpha value is -1.19. The number of hydrazine groups is 1. The molecule has 0 fully saturated rings. The van der Waals surface area contributed by atoms with Crippen LogP contribution in [0.4, 0.5) is 8.78 Å². The lowest BCUT2D eigenvalue weighted by Crippen LogP contribution is -2.38. The van der Waals surface area contributed by atoms with Gasteiger partial charge in [0.1, 0.15) is 6.61 Å². The van der Waals surface area contributed by atoms with Crippen LogP contribution in [0.1, 0.15) is 12.2 Å². The summed E-state index contributed by atoms with van der Waals surface area (Å²) in [6.07, 6.45) is -1.47. The molecule has 0 aliphatic rings. The van der Waals surface area contributed by atoms with Crippen LogP contribution >= 0.6 is 0 Å². The van der Waals surface area contributed by atoms with Crippen LogP contribution in [0, 0.1) is 0 Å². The van der Waals surface area contributed by atoms with Crippen LogP contribution in [0.3, 0.4) is 0 Å². The maximum atomic E-state index is 11.8. The maximum Gasteiger partial charge on any atom is 0.261 e. The Bertz CT molecular complexity index is 321. The zero-order valence-corrected chi connectivity index (χ0v) is 9.51. The van der Waals surface area contributed by atoms with E-state index >= 15 is 0 Å². The van der Waals surface area contributed by atoms with Crippen molar-refractivity contribution in [2.75, 3.05) is 13.2 Å². The number of nitrogens with one attached hydrogen (secondary N) is 1. The summed E-state index contributed by atoms with van der Waals surface area (Å²) in [5, 5.41) is 11.5. The van der Waals surface area contributed by atoms with Gasteiger partial charge in [-0.2, -0.15) is 4.80 Å². The molecule has 0 aliphatic carbocycles. The molecule has 0 spiro atoms. The zero-order valence-electron chi connectivity index (χ0n) is 9.51. The Labute approximate surface area is 97.3 Å². The molecule has 98 valence electrons. The van der Waals surface area contributed by atoms with E-state index in [1.807, 2.05) is 0 Å². The summed E-state index contributed by atoms with van der Waals surface area (Å²) in [6, 6.07) is -0.128. The van der Waals surface area contributed by atoms with E-state index in [4.69, 9.17) is 10.6 Å². The fraction of sp³-hybridized carbons (Fsp3) is 0.875. The molecule has 0 bridgehead atoms. The van der Waals surface area contributed by atoms with Crippen LogP contribution in [0.25, 0.3) is 0 Å². The molecule has 0 amide bonds. The highest BCUT2D eigenvalue weighted by Crippen LogP contribution is 2.00. The molecule has 1 rings (SSSR count). The van der Waals surface area contributed by atoms with Gasteiger partial charge in [0.25, 0.3) is 6.43 Å². The van der Waals surface area contributed by atoms with E-state index in [2.05, 4.69) is 20.8 Å². The number of nitrogens with two attached hydrogens (primary N) is 1. The van der Waals surface area contributed by atoms with E-state index in [1.54, 1.807) is 7.05 Å². The van der Waals surface area contributed by atoms with Crippen molar-refractivity contribution in [2.24, 2.45) is 12.9 Å². The second-order valence-corrected chi connectivity index (χ2v) is 3.52. The van der Waals surface area contributed by atoms with Gasteiger partial charge in [-0.1, -0.05) is 0 Å². The van der Waals surface area contributed by atoms with Gasteiger partial charge in [-0.05, 0) is 11.6 Å². The minimum Gasteiger partial charge on any atom is -0.375 e. The first kappa shape index (κ1) is 13.9. The highest BCUT2D eigenvalue weighted by atomic mass is 19.3. The molecule has 0 saturated heterocycles. The second-order valence-electron chi connectivity index (χ2n) is 3.52. The minimum atomic E-state index is -2.44. The molecule has 1 heterocycles. The largest absolute Gasteiger partial charge is 0.375 e. The first-order valence-corrected chi connectivity index (χ1v) is 5.16. The van der Waals surface area contributed by atoms with Gasteiger partial charge in [0.2, 0.25) is 0 Å². The van der Waals surface area contributed by atoms with Crippen molar-refractivity contribution in [3.8, 4) is 0 Å². The molecule has 1 aromatic rings. The van der Waals surface area contributed by atoms with Gasteiger partial charge in [0.15, 0.2) is 5.82 Å². The van der Waals surface area contributed by atoms with Crippen LogP contribution in [0.2, 0.25) is 0 Å². The van der Waals surface area contributed by atoms with Gasteiger partial charge in [-0.15, -0.1) is 10.2 Å². The number of aromatic nitrogens is 4. The number of tetrazole rings is 1. The second kappa shape index (κ2) is 7.20. The van der Waals surface area contributed by atoms with Crippen molar-refractivity contribution in [2.45, 2.75) is 25.3 Å². The predicted molar refractivity (Wildman–Crippen MR) is 55.1 cm³/mol.